The molecule has 0 N–H and O–H groups in total. The number of hydrogen-bond acceptors (Lipinski definition) is 2. The molecular formula is C15H17ClN2O. The zero-order valence-corrected chi connectivity index (χ0v) is 12.0. The van der Waals surface area contributed by atoms with Gasteiger partial charge in [-0.3, -0.25) is 4.79 Å². The van der Waals surface area contributed by atoms with Gasteiger partial charge in [0.25, 0.3) is 0 Å². The van der Waals surface area contributed by atoms with Gasteiger partial charge in [-0.25, -0.2) is 0 Å². The summed E-state index contributed by atoms with van der Waals surface area (Å²) in [6, 6.07) is 5.94. The number of ketones is 1. The van der Waals surface area contributed by atoms with Crippen LogP contribution in [0.2, 0.25) is 5.02 Å². The molecule has 1 aromatic heterocycles. The molecule has 1 aliphatic rings. The highest BCUT2D eigenvalue weighted by molar-refractivity contribution is 6.31. The average Bonchev–Trinajstić information content (AvgIpc) is 2.62. The molecule has 4 heteroatoms. The van der Waals surface area contributed by atoms with E-state index in [1.807, 2.05) is 18.2 Å². The zero-order chi connectivity index (χ0) is 13.6. The Morgan fingerprint density at radius 2 is 2.21 bits per heavy atom. The summed E-state index contributed by atoms with van der Waals surface area (Å²) >= 11 is 6.12. The Balaban J connectivity index is 2.26. The summed E-state index contributed by atoms with van der Waals surface area (Å²) in [5, 5.41) is 1.94. The fraction of sp³-hybridized carbons (Fsp3) is 0.400. The van der Waals surface area contributed by atoms with Crippen molar-refractivity contribution in [1.82, 2.24) is 9.47 Å². The van der Waals surface area contributed by atoms with Crippen LogP contribution in [0, 0.1) is 0 Å². The van der Waals surface area contributed by atoms with Crippen molar-refractivity contribution in [3.8, 4) is 0 Å². The van der Waals surface area contributed by atoms with Crippen molar-refractivity contribution in [1.29, 1.82) is 0 Å². The summed E-state index contributed by atoms with van der Waals surface area (Å²) in [4.78, 5) is 13.8. The number of benzene rings is 1. The number of fused-ring (bicyclic) bond motifs is 3. The average molecular weight is 277 g/mol. The van der Waals surface area contributed by atoms with E-state index in [9.17, 15) is 4.79 Å². The number of rotatable bonds is 2. The molecule has 1 aliphatic heterocycles. The minimum absolute atomic E-state index is 0.188. The smallest absolute Gasteiger partial charge is 0.149 e. The lowest BCUT2D eigenvalue weighted by Gasteiger charge is -2.24. The van der Waals surface area contributed by atoms with Crippen LogP contribution in [-0.4, -0.2) is 28.8 Å². The van der Waals surface area contributed by atoms with E-state index in [1.165, 1.54) is 16.6 Å². The van der Waals surface area contributed by atoms with Crippen molar-refractivity contribution < 1.29 is 4.79 Å². The van der Waals surface area contributed by atoms with Gasteiger partial charge in [0, 0.05) is 41.1 Å². The first-order valence-electron chi connectivity index (χ1n) is 6.53. The summed E-state index contributed by atoms with van der Waals surface area (Å²) in [6.45, 7) is 4.06. The van der Waals surface area contributed by atoms with Gasteiger partial charge in [-0.05, 0) is 37.7 Å². The van der Waals surface area contributed by atoms with Gasteiger partial charge in [0.15, 0.2) is 0 Å². The molecule has 0 radical (unpaired) electrons. The van der Waals surface area contributed by atoms with Crippen LogP contribution < -0.4 is 0 Å². The molecular weight excluding hydrogens is 260 g/mol. The minimum atomic E-state index is 0.188. The predicted octanol–water partition coefficient (Wildman–Crippen LogP) is 2.87. The van der Waals surface area contributed by atoms with Gasteiger partial charge in [-0.2, -0.15) is 0 Å². The Labute approximate surface area is 117 Å². The number of Topliss-reactive ketones (excluding diaryl/α,β-unsaturated/α-hetero) is 1. The Morgan fingerprint density at radius 1 is 1.42 bits per heavy atom. The van der Waals surface area contributed by atoms with E-state index >= 15 is 0 Å². The highest BCUT2D eigenvalue weighted by Gasteiger charge is 2.22. The van der Waals surface area contributed by atoms with Crippen LogP contribution in [0.5, 0.6) is 0 Å². The molecule has 0 unspecified atom stereocenters. The summed E-state index contributed by atoms with van der Waals surface area (Å²) in [6.07, 6.45) is 0.991. The van der Waals surface area contributed by atoms with Crippen molar-refractivity contribution in [3.05, 3.63) is 34.5 Å². The van der Waals surface area contributed by atoms with Crippen molar-refractivity contribution >= 4 is 28.3 Å². The SMILES string of the molecule is CC(=O)Cn1c2c(c3cc(Cl)ccc31)CN(C)CC2. The van der Waals surface area contributed by atoms with Crippen LogP contribution in [0.4, 0.5) is 0 Å². The molecule has 0 aliphatic carbocycles. The van der Waals surface area contributed by atoms with E-state index in [-0.39, 0.29) is 5.78 Å². The molecule has 0 spiro atoms. The molecule has 19 heavy (non-hydrogen) atoms. The second-order valence-electron chi connectivity index (χ2n) is 5.36. The van der Waals surface area contributed by atoms with Gasteiger partial charge in [0.1, 0.15) is 5.78 Å². The van der Waals surface area contributed by atoms with Crippen LogP contribution in [0.1, 0.15) is 18.2 Å². The van der Waals surface area contributed by atoms with Crippen molar-refractivity contribution in [2.24, 2.45) is 0 Å². The number of likely N-dealkylation sites (N-methyl/N-ethyl adjacent to an activating group) is 1. The largest absolute Gasteiger partial charge is 0.337 e. The Kier molecular flexibility index (Phi) is 3.11. The lowest BCUT2D eigenvalue weighted by atomic mass is 10.1. The van der Waals surface area contributed by atoms with E-state index in [0.29, 0.717) is 6.54 Å². The van der Waals surface area contributed by atoms with Gasteiger partial charge >= 0.3 is 0 Å². The van der Waals surface area contributed by atoms with E-state index in [2.05, 4.69) is 16.5 Å². The van der Waals surface area contributed by atoms with Crippen LogP contribution in [-0.2, 0) is 24.3 Å². The number of halogens is 1. The lowest BCUT2D eigenvalue weighted by molar-refractivity contribution is -0.117. The predicted molar refractivity (Wildman–Crippen MR) is 77.7 cm³/mol. The maximum absolute atomic E-state index is 11.5. The van der Waals surface area contributed by atoms with Gasteiger partial charge in [-0.1, -0.05) is 11.6 Å². The van der Waals surface area contributed by atoms with Crippen molar-refractivity contribution in [2.75, 3.05) is 13.6 Å². The highest BCUT2D eigenvalue weighted by atomic mass is 35.5. The molecule has 0 amide bonds. The van der Waals surface area contributed by atoms with Crippen LogP contribution >= 0.6 is 11.6 Å². The van der Waals surface area contributed by atoms with Crippen molar-refractivity contribution in [3.63, 3.8) is 0 Å². The zero-order valence-electron chi connectivity index (χ0n) is 11.2. The molecule has 3 rings (SSSR count). The molecule has 0 fully saturated rings. The summed E-state index contributed by atoms with van der Waals surface area (Å²) in [5.41, 5.74) is 3.75. The Bertz CT molecular complexity index is 660. The third kappa shape index (κ3) is 2.17. The minimum Gasteiger partial charge on any atom is -0.337 e. The summed E-state index contributed by atoms with van der Waals surface area (Å²) in [7, 11) is 2.13. The van der Waals surface area contributed by atoms with Crippen LogP contribution in [0.25, 0.3) is 10.9 Å². The highest BCUT2D eigenvalue weighted by Crippen LogP contribution is 2.32. The summed E-state index contributed by atoms with van der Waals surface area (Å²) < 4.78 is 2.16. The molecule has 100 valence electrons. The standard InChI is InChI=1S/C15H17ClN2O/c1-10(19)8-18-14-4-3-11(16)7-12(14)13-9-17(2)6-5-15(13)18/h3-4,7H,5-6,8-9H2,1-2H3. The third-order valence-electron chi connectivity index (χ3n) is 3.79. The number of hydrogen-bond donors (Lipinski definition) is 0. The maximum Gasteiger partial charge on any atom is 0.149 e. The number of carbonyl (C=O) groups excluding carboxylic acids is 1. The first-order valence-corrected chi connectivity index (χ1v) is 6.91. The van der Waals surface area contributed by atoms with Crippen molar-refractivity contribution in [2.45, 2.75) is 26.4 Å². The fourth-order valence-electron chi connectivity index (χ4n) is 2.96. The first kappa shape index (κ1) is 12.7. The van der Waals surface area contributed by atoms with Gasteiger partial charge in [0.2, 0.25) is 0 Å². The number of aromatic nitrogens is 1. The van der Waals surface area contributed by atoms with E-state index in [0.717, 1.165) is 30.0 Å². The summed E-state index contributed by atoms with van der Waals surface area (Å²) in [5.74, 6) is 0.188. The topological polar surface area (TPSA) is 25.2 Å². The molecule has 0 bridgehead atoms. The van der Waals surface area contributed by atoms with E-state index < -0.39 is 0 Å². The van der Waals surface area contributed by atoms with E-state index in [4.69, 9.17) is 11.6 Å². The van der Waals surface area contributed by atoms with Gasteiger partial charge in [0.05, 0.1) is 6.54 Å². The second-order valence-corrected chi connectivity index (χ2v) is 5.80. The quantitative estimate of drug-likeness (QED) is 0.843. The normalized spacial score (nSPS) is 15.7. The number of nitrogens with zero attached hydrogens (tertiary/aromatic N) is 2. The molecule has 2 aromatic rings. The van der Waals surface area contributed by atoms with E-state index in [1.54, 1.807) is 6.92 Å². The van der Waals surface area contributed by atoms with Gasteiger partial charge < -0.3 is 9.47 Å². The second kappa shape index (κ2) is 4.66. The molecule has 2 heterocycles. The monoisotopic (exact) mass is 276 g/mol. The molecule has 3 nitrogen and oxygen atoms in total. The molecule has 0 saturated carbocycles. The maximum atomic E-state index is 11.5. The fourth-order valence-corrected chi connectivity index (χ4v) is 3.13. The molecule has 0 atom stereocenters. The van der Waals surface area contributed by atoms with Gasteiger partial charge in [-0.15, -0.1) is 0 Å². The number of carbonyl (C=O) groups is 1. The third-order valence-corrected chi connectivity index (χ3v) is 4.02. The first-order chi connectivity index (χ1) is 9.06. The molecule has 1 aromatic carbocycles. The Morgan fingerprint density at radius 3 is 2.95 bits per heavy atom. The Hall–Kier alpha value is -1.32. The van der Waals surface area contributed by atoms with Crippen LogP contribution in [0.15, 0.2) is 18.2 Å². The lowest BCUT2D eigenvalue weighted by Crippen LogP contribution is -2.27. The van der Waals surface area contributed by atoms with Crippen LogP contribution in [0.3, 0.4) is 0 Å². The molecule has 0 saturated heterocycles.